The minimum atomic E-state index is -4.44. The molecule has 24 heavy (non-hydrogen) atoms. The molecule has 2 heterocycles. The quantitative estimate of drug-likeness (QED) is 0.686. The molecule has 5 nitrogen and oxygen atoms in total. The van der Waals surface area contributed by atoms with Gasteiger partial charge in [-0.1, -0.05) is 18.2 Å². The first-order valence-corrected chi connectivity index (χ1v) is 7.26. The molecule has 0 N–H and O–H groups in total. The van der Waals surface area contributed by atoms with Crippen LogP contribution < -0.4 is 0 Å². The van der Waals surface area contributed by atoms with Crippen molar-refractivity contribution in [2.24, 2.45) is 0 Å². The van der Waals surface area contributed by atoms with Crippen molar-refractivity contribution in [1.82, 2.24) is 14.2 Å². The number of fused-ring (bicyclic) bond motifs is 1. The van der Waals surface area contributed by atoms with Crippen LogP contribution in [0.2, 0.25) is 0 Å². The summed E-state index contributed by atoms with van der Waals surface area (Å²) in [5.41, 5.74) is 0.0185. The number of halogens is 3. The monoisotopic (exact) mass is 337 g/mol. The van der Waals surface area contributed by atoms with Gasteiger partial charge in [0.2, 0.25) is 0 Å². The number of carbonyl (C=O) groups excluding carboxylic acids is 1. The second-order valence-corrected chi connectivity index (χ2v) is 5.13. The molecular weight excluding hydrogens is 323 g/mol. The zero-order valence-electron chi connectivity index (χ0n) is 12.7. The van der Waals surface area contributed by atoms with Crippen LogP contribution in [0.1, 0.15) is 28.4 Å². The van der Waals surface area contributed by atoms with Crippen molar-refractivity contribution >= 4 is 11.6 Å². The van der Waals surface area contributed by atoms with Crippen molar-refractivity contribution < 1.29 is 22.7 Å². The summed E-state index contributed by atoms with van der Waals surface area (Å²) in [5.74, 6) is -0.559. The second kappa shape index (κ2) is 6.03. The van der Waals surface area contributed by atoms with Crippen LogP contribution in [-0.2, 0) is 17.5 Å². The molecule has 3 rings (SSSR count). The van der Waals surface area contributed by atoms with Crippen molar-refractivity contribution in [2.75, 3.05) is 6.61 Å². The predicted octanol–water partition coefficient (Wildman–Crippen LogP) is 3.38. The van der Waals surface area contributed by atoms with Crippen LogP contribution in [-0.4, -0.2) is 26.8 Å². The SMILES string of the molecule is CCOC(=O)c1cnn2ccn(Cc3ccccc3C(F)(F)F)c12. The Morgan fingerprint density at radius 1 is 1.25 bits per heavy atom. The lowest BCUT2D eigenvalue weighted by Crippen LogP contribution is -2.12. The van der Waals surface area contributed by atoms with Crippen LogP contribution in [0, 0.1) is 0 Å². The highest BCUT2D eigenvalue weighted by atomic mass is 19.4. The van der Waals surface area contributed by atoms with Crippen LogP contribution in [0.4, 0.5) is 13.2 Å². The second-order valence-electron chi connectivity index (χ2n) is 5.13. The number of rotatable bonds is 4. The van der Waals surface area contributed by atoms with E-state index in [1.807, 2.05) is 0 Å². The van der Waals surface area contributed by atoms with Gasteiger partial charge in [-0.25, -0.2) is 9.31 Å². The van der Waals surface area contributed by atoms with E-state index in [4.69, 9.17) is 4.74 Å². The lowest BCUT2D eigenvalue weighted by molar-refractivity contribution is -0.138. The van der Waals surface area contributed by atoms with Crippen LogP contribution in [0.25, 0.3) is 5.65 Å². The van der Waals surface area contributed by atoms with E-state index in [2.05, 4.69) is 5.10 Å². The van der Waals surface area contributed by atoms with Crippen LogP contribution in [0.15, 0.2) is 42.9 Å². The smallest absolute Gasteiger partial charge is 0.416 e. The molecule has 0 atom stereocenters. The average molecular weight is 337 g/mol. The van der Waals surface area contributed by atoms with Gasteiger partial charge >= 0.3 is 12.1 Å². The lowest BCUT2D eigenvalue weighted by Gasteiger charge is -2.13. The third-order valence-corrected chi connectivity index (χ3v) is 3.59. The number of esters is 1. The lowest BCUT2D eigenvalue weighted by atomic mass is 10.1. The third-order valence-electron chi connectivity index (χ3n) is 3.59. The molecule has 0 aliphatic carbocycles. The summed E-state index contributed by atoms with van der Waals surface area (Å²) in [6.07, 6.45) is 0.0657. The third kappa shape index (κ3) is 2.86. The number of nitrogens with zero attached hydrogens (tertiary/aromatic N) is 3. The number of imidazole rings is 1. The fraction of sp³-hybridized carbons (Fsp3) is 0.250. The zero-order chi connectivity index (χ0) is 17.3. The molecule has 0 spiro atoms. The van der Waals surface area contributed by atoms with Gasteiger partial charge in [-0.15, -0.1) is 0 Å². The summed E-state index contributed by atoms with van der Waals surface area (Å²) < 4.78 is 47.4. The number of alkyl halides is 3. The largest absolute Gasteiger partial charge is 0.462 e. The molecule has 8 heteroatoms. The maximum Gasteiger partial charge on any atom is 0.416 e. The summed E-state index contributed by atoms with van der Waals surface area (Å²) in [5, 5.41) is 4.03. The van der Waals surface area contributed by atoms with Gasteiger partial charge in [0.15, 0.2) is 5.65 Å². The first-order chi connectivity index (χ1) is 11.4. The van der Waals surface area contributed by atoms with E-state index >= 15 is 0 Å². The van der Waals surface area contributed by atoms with Gasteiger partial charge in [-0.3, -0.25) is 0 Å². The molecular formula is C16H14F3N3O2. The molecule has 0 unspecified atom stereocenters. The van der Waals surface area contributed by atoms with Crippen molar-refractivity contribution in [1.29, 1.82) is 0 Å². The number of aromatic nitrogens is 3. The Bertz CT molecular complexity index is 880. The standard InChI is InChI=1S/C16H14F3N3O2/c1-2-24-15(23)12-9-20-22-8-7-21(14(12)22)10-11-5-3-4-6-13(11)16(17,18)19/h3-9H,2,10H2,1H3. The summed E-state index contributed by atoms with van der Waals surface area (Å²) in [6, 6.07) is 5.35. The summed E-state index contributed by atoms with van der Waals surface area (Å²) in [6.45, 7) is 1.84. The Labute approximate surface area is 135 Å². The number of hydrogen-bond acceptors (Lipinski definition) is 3. The number of carbonyl (C=O) groups is 1. The van der Waals surface area contributed by atoms with Gasteiger partial charge in [0.1, 0.15) is 5.56 Å². The fourth-order valence-electron chi connectivity index (χ4n) is 2.56. The van der Waals surface area contributed by atoms with Gasteiger partial charge in [-0.2, -0.15) is 18.3 Å². The molecule has 0 saturated carbocycles. The first kappa shape index (κ1) is 16.1. The molecule has 3 aromatic rings. The van der Waals surface area contributed by atoms with E-state index in [0.717, 1.165) is 6.07 Å². The van der Waals surface area contributed by atoms with Gasteiger partial charge in [-0.05, 0) is 18.6 Å². The molecule has 0 saturated heterocycles. The predicted molar refractivity (Wildman–Crippen MR) is 79.7 cm³/mol. The van der Waals surface area contributed by atoms with E-state index in [1.54, 1.807) is 30.0 Å². The maximum atomic E-state index is 13.1. The minimum absolute atomic E-state index is 0.0374. The highest BCUT2D eigenvalue weighted by Gasteiger charge is 2.33. The van der Waals surface area contributed by atoms with Crippen LogP contribution >= 0.6 is 0 Å². The number of benzene rings is 1. The Morgan fingerprint density at radius 3 is 2.71 bits per heavy atom. The summed E-state index contributed by atoms with van der Waals surface area (Å²) in [7, 11) is 0. The highest BCUT2D eigenvalue weighted by molar-refractivity contribution is 5.95. The molecule has 0 aliphatic rings. The topological polar surface area (TPSA) is 48.5 Å². The van der Waals surface area contributed by atoms with E-state index in [1.165, 1.54) is 22.8 Å². The van der Waals surface area contributed by atoms with Crippen molar-refractivity contribution in [3.63, 3.8) is 0 Å². The maximum absolute atomic E-state index is 13.1. The van der Waals surface area contributed by atoms with Crippen molar-refractivity contribution in [2.45, 2.75) is 19.6 Å². The summed E-state index contributed by atoms with van der Waals surface area (Å²) >= 11 is 0. The van der Waals surface area contributed by atoms with Crippen LogP contribution in [0.3, 0.4) is 0 Å². The van der Waals surface area contributed by atoms with E-state index in [0.29, 0.717) is 5.65 Å². The minimum Gasteiger partial charge on any atom is -0.462 e. The summed E-state index contributed by atoms with van der Waals surface area (Å²) in [4.78, 5) is 12.0. The first-order valence-electron chi connectivity index (χ1n) is 7.26. The van der Waals surface area contributed by atoms with Gasteiger partial charge in [0.05, 0.1) is 18.4 Å². The Balaban J connectivity index is 2.03. The average Bonchev–Trinajstić information content (AvgIpc) is 3.10. The highest BCUT2D eigenvalue weighted by Crippen LogP contribution is 2.32. The van der Waals surface area contributed by atoms with Gasteiger partial charge in [0.25, 0.3) is 0 Å². The van der Waals surface area contributed by atoms with Crippen molar-refractivity contribution in [3.05, 3.63) is 59.5 Å². The molecule has 126 valence electrons. The molecule has 0 amide bonds. The van der Waals surface area contributed by atoms with Gasteiger partial charge in [0, 0.05) is 18.9 Å². The van der Waals surface area contributed by atoms with Gasteiger partial charge < -0.3 is 9.30 Å². The fourth-order valence-corrected chi connectivity index (χ4v) is 2.56. The van der Waals surface area contributed by atoms with E-state index < -0.39 is 17.7 Å². The van der Waals surface area contributed by atoms with E-state index in [-0.39, 0.29) is 24.3 Å². The molecule has 0 radical (unpaired) electrons. The molecule has 2 aromatic heterocycles. The number of hydrogen-bond donors (Lipinski definition) is 0. The zero-order valence-corrected chi connectivity index (χ0v) is 12.7. The molecule has 1 aromatic carbocycles. The Hall–Kier alpha value is -2.77. The van der Waals surface area contributed by atoms with E-state index in [9.17, 15) is 18.0 Å². The molecule has 0 fully saturated rings. The normalized spacial score (nSPS) is 11.8. The Morgan fingerprint density at radius 2 is 2.00 bits per heavy atom. The Kier molecular flexibility index (Phi) is 4.04. The molecule has 0 aliphatic heterocycles. The molecule has 0 bridgehead atoms. The van der Waals surface area contributed by atoms with Crippen molar-refractivity contribution in [3.8, 4) is 0 Å². The number of ether oxygens (including phenoxy) is 1. The van der Waals surface area contributed by atoms with Crippen LogP contribution in [0.5, 0.6) is 0 Å².